The third kappa shape index (κ3) is 4.59. The minimum Gasteiger partial charge on any atom is -0.497 e. The van der Waals surface area contributed by atoms with E-state index in [0.29, 0.717) is 24.8 Å². The summed E-state index contributed by atoms with van der Waals surface area (Å²) in [6.07, 6.45) is 3.91. The number of carbonyl (C=O) groups excluding carboxylic acids is 1. The van der Waals surface area contributed by atoms with E-state index in [0.717, 1.165) is 37.4 Å². The lowest BCUT2D eigenvalue weighted by molar-refractivity contribution is 0.0942. The van der Waals surface area contributed by atoms with Crippen molar-refractivity contribution in [1.82, 2.24) is 15.3 Å². The van der Waals surface area contributed by atoms with Gasteiger partial charge in [-0.1, -0.05) is 0 Å². The molecule has 0 atom stereocenters. The number of rotatable bonds is 7. The Bertz CT molecular complexity index is 700. The molecule has 2 aromatic rings. The molecule has 0 saturated carbocycles. The molecule has 0 radical (unpaired) electrons. The monoisotopic (exact) mass is 342 g/mol. The van der Waals surface area contributed by atoms with E-state index >= 15 is 0 Å². The van der Waals surface area contributed by atoms with E-state index in [9.17, 15) is 4.79 Å². The minimum atomic E-state index is -0.221. The van der Waals surface area contributed by atoms with Crippen LogP contribution in [0, 0.1) is 0 Å². The average molecular weight is 342 g/mol. The molecule has 1 saturated heterocycles. The van der Waals surface area contributed by atoms with Gasteiger partial charge in [0.2, 0.25) is 5.95 Å². The normalized spacial score (nSPS) is 13.6. The third-order valence-corrected chi connectivity index (χ3v) is 3.98. The zero-order valence-electron chi connectivity index (χ0n) is 14.3. The second-order valence-electron chi connectivity index (χ2n) is 5.72. The highest BCUT2D eigenvalue weighted by Crippen LogP contribution is 2.17. The van der Waals surface area contributed by atoms with E-state index in [-0.39, 0.29) is 5.91 Å². The second kappa shape index (κ2) is 8.32. The summed E-state index contributed by atoms with van der Waals surface area (Å²) in [5, 5.41) is 2.81. The summed E-state index contributed by atoms with van der Waals surface area (Å²) < 4.78 is 10.7. The van der Waals surface area contributed by atoms with Gasteiger partial charge in [-0.3, -0.25) is 4.79 Å². The number of anilines is 1. The molecule has 1 N–H and O–H groups in total. The van der Waals surface area contributed by atoms with Crippen LogP contribution in [-0.4, -0.2) is 49.2 Å². The molecule has 7 heteroatoms. The SMILES string of the molecule is COc1ccc(OCCNC(=O)c2ccnc(N3CCCC3)n2)cc1. The van der Waals surface area contributed by atoms with Crippen molar-refractivity contribution in [2.45, 2.75) is 12.8 Å². The van der Waals surface area contributed by atoms with Crippen molar-refractivity contribution in [3.63, 3.8) is 0 Å². The molecule has 132 valence electrons. The first-order valence-electron chi connectivity index (χ1n) is 8.39. The smallest absolute Gasteiger partial charge is 0.270 e. The summed E-state index contributed by atoms with van der Waals surface area (Å²) in [5.74, 6) is 1.91. The van der Waals surface area contributed by atoms with Crippen molar-refractivity contribution < 1.29 is 14.3 Å². The Morgan fingerprint density at radius 3 is 2.60 bits per heavy atom. The van der Waals surface area contributed by atoms with E-state index in [2.05, 4.69) is 20.2 Å². The lowest BCUT2D eigenvalue weighted by Crippen LogP contribution is -2.29. The summed E-state index contributed by atoms with van der Waals surface area (Å²) >= 11 is 0. The van der Waals surface area contributed by atoms with Gasteiger partial charge in [-0.2, -0.15) is 0 Å². The Hall–Kier alpha value is -2.83. The molecule has 0 spiro atoms. The zero-order valence-corrected chi connectivity index (χ0v) is 14.3. The van der Waals surface area contributed by atoms with Gasteiger partial charge in [-0.05, 0) is 43.2 Å². The van der Waals surface area contributed by atoms with Crippen molar-refractivity contribution in [2.75, 3.05) is 38.3 Å². The first-order chi connectivity index (χ1) is 12.3. The van der Waals surface area contributed by atoms with Crippen LogP contribution in [0.4, 0.5) is 5.95 Å². The lowest BCUT2D eigenvalue weighted by atomic mass is 10.3. The molecule has 2 heterocycles. The number of nitrogens with zero attached hydrogens (tertiary/aromatic N) is 3. The maximum absolute atomic E-state index is 12.2. The van der Waals surface area contributed by atoms with Crippen LogP contribution in [-0.2, 0) is 0 Å². The first kappa shape index (κ1) is 17.0. The van der Waals surface area contributed by atoms with Crippen LogP contribution >= 0.6 is 0 Å². The van der Waals surface area contributed by atoms with Crippen molar-refractivity contribution >= 4 is 11.9 Å². The van der Waals surface area contributed by atoms with Gasteiger partial charge in [-0.15, -0.1) is 0 Å². The zero-order chi connectivity index (χ0) is 17.5. The molecule has 0 bridgehead atoms. The van der Waals surface area contributed by atoms with Crippen molar-refractivity contribution in [1.29, 1.82) is 0 Å². The van der Waals surface area contributed by atoms with Crippen LogP contribution in [0.5, 0.6) is 11.5 Å². The van der Waals surface area contributed by atoms with Crippen LogP contribution in [0.15, 0.2) is 36.5 Å². The molecular weight excluding hydrogens is 320 g/mol. The maximum atomic E-state index is 12.2. The Labute approximate surface area is 147 Å². The fourth-order valence-electron chi connectivity index (χ4n) is 2.64. The molecule has 25 heavy (non-hydrogen) atoms. The minimum absolute atomic E-state index is 0.221. The van der Waals surface area contributed by atoms with E-state index in [1.807, 2.05) is 24.3 Å². The first-order valence-corrected chi connectivity index (χ1v) is 8.39. The Balaban J connectivity index is 1.46. The summed E-state index contributed by atoms with van der Waals surface area (Å²) in [7, 11) is 1.62. The molecule has 1 fully saturated rings. The summed E-state index contributed by atoms with van der Waals surface area (Å²) in [5.41, 5.74) is 0.376. The molecule has 1 aromatic carbocycles. The van der Waals surface area contributed by atoms with Crippen molar-refractivity contribution in [3.8, 4) is 11.5 Å². The van der Waals surface area contributed by atoms with Gasteiger partial charge in [0, 0.05) is 19.3 Å². The predicted octanol–water partition coefficient (Wildman–Crippen LogP) is 1.89. The van der Waals surface area contributed by atoms with Gasteiger partial charge in [0.15, 0.2) is 0 Å². The van der Waals surface area contributed by atoms with Crippen molar-refractivity contribution in [2.24, 2.45) is 0 Å². The second-order valence-corrected chi connectivity index (χ2v) is 5.72. The van der Waals surface area contributed by atoms with E-state index in [4.69, 9.17) is 9.47 Å². The molecule has 0 aliphatic carbocycles. The number of carbonyl (C=O) groups is 1. The molecule has 1 aliphatic rings. The number of hydrogen-bond acceptors (Lipinski definition) is 6. The molecule has 1 aromatic heterocycles. The van der Waals surface area contributed by atoms with E-state index in [1.165, 1.54) is 0 Å². The van der Waals surface area contributed by atoms with E-state index in [1.54, 1.807) is 19.4 Å². The largest absolute Gasteiger partial charge is 0.497 e. The number of amides is 1. The standard InChI is InChI=1S/C18H22N4O3/c1-24-14-4-6-15(7-5-14)25-13-10-19-17(23)16-8-9-20-18(21-16)22-11-2-3-12-22/h4-9H,2-3,10-13H2,1H3,(H,19,23). The van der Waals surface area contributed by atoms with Gasteiger partial charge in [0.1, 0.15) is 23.8 Å². The van der Waals surface area contributed by atoms with E-state index < -0.39 is 0 Å². The van der Waals surface area contributed by atoms with Gasteiger partial charge >= 0.3 is 0 Å². The number of benzene rings is 1. The van der Waals surface area contributed by atoms with Crippen LogP contribution in [0.25, 0.3) is 0 Å². The fourth-order valence-corrected chi connectivity index (χ4v) is 2.64. The van der Waals surface area contributed by atoms with Gasteiger partial charge in [-0.25, -0.2) is 9.97 Å². The fraction of sp³-hybridized carbons (Fsp3) is 0.389. The summed E-state index contributed by atoms with van der Waals surface area (Å²) in [4.78, 5) is 22.9. The summed E-state index contributed by atoms with van der Waals surface area (Å²) in [6.45, 7) is 2.66. The number of ether oxygens (including phenoxy) is 2. The number of aromatic nitrogens is 2. The van der Waals surface area contributed by atoms with Crippen LogP contribution in [0.3, 0.4) is 0 Å². The molecule has 7 nitrogen and oxygen atoms in total. The highest BCUT2D eigenvalue weighted by atomic mass is 16.5. The number of methoxy groups -OCH3 is 1. The number of nitrogens with one attached hydrogen (secondary N) is 1. The maximum Gasteiger partial charge on any atom is 0.270 e. The van der Waals surface area contributed by atoms with Gasteiger partial charge in [0.25, 0.3) is 5.91 Å². The van der Waals surface area contributed by atoms with Crippen LogP contribution in [0.1, 0.15) is 23.3 Å². The van der Waals surface area contributed by atoms with Crippen LogP contribution in [0.2, 0.25) is 0 Å². The average Bonchev–Trinajstić information content (AvgIpc) is 3.20. The third-order valence-electron chi connectivity index (χ3n) is 3.98. The highest BCUT2D eigenvalue weighted by Gasteiger charge is 2.16. The van der Waals surface area contributed by atoms with Gasteiger partial charge in [0.05, 0.1) is 13.7 Å². The highest BCUT2D eigenvalue weighted by molar-refractivity contribution is 5.92. The lowest BCUT2D eigenvalue weighted by Gasteiger charge is -2.15. The Morgan fingerprint density at radius 1 is 1.16 bits per heavy atom. The van der Waals surface area contributed by atoms with Crippen molar-refractivity contribution in [3.05, 3.63) is 42.2 Å². The van der Waals surface area contributed by atoms with Gasteiger partial charge < -0.3 is 19.7 Å². The molecule has 3 rings (SSSR count). The molecule has 1 aliphatic heterocycles. The summed E-state index contributed by atoms with van der Waals surface area (Å²) in [6, 6.07) is 8.93. The Kier molecular flexibility index (Phi) is 5.66. The molecular formula is C18H22N4O3. The molecule has 1 amide bonds. The Morgan fingerprint density at radius 2 is 1.88 bits per heavy atom. The van der Waals surface area contributed by atoms with Crippen LogP contribution < -0.4 is 19.7 Å². The quantitative estimate of drug-likeness (QED) is 0.775. The predicted molar refractivity (Wildman–Crippen MR) is 94.3 cm³/mol. The molecule has 0 unspecified atom stereocenters. The number of hydrogen-bond donors (Lipinski definition) is 1. The topological polar surface area (TPSA) is 76.6 Å².